The second-order valence-corrected chi connectivity index (χ2v) is 7.47. The van der Waals surface area contributed by atoms with Gasteiger partial charge in [0.05, 0.1) is 0 Å². The average molecular weight is 388 g/mol. The van der Waals surface area contributed by atoms with Crippen molar-refractivity contribution in [2.75, 3.05) is 10.2 Å². The third-order valence-electron chi connectivity index (χ3n) is 4.03. The lowest BCUT2D eigenvalue weighted by molar-refractivity contribution is -0.126. The van der Waals surface area contributed by atoms with Crippen LogP contribution in [0.15, 0.2) is 35.8 Å². The number of carbonyl (C=O) groups is 3. The van der Waals surface area contributed by atoms with Crippen LogP contribution < -0.4 is 16.0 Å². The van der Waals surface area contributed by atoms with E-state index in [4.69, 9.17) is 5.73 Å². The fraction of sp³-hybridized carbons (Fsp3) is 0.368. The highest BCUT2D eigenvalue weighted by molar-refractivity contribution is 7.13. The zero-order valence-corrected chi connectivity index (χ0v) is 16.5. The smallest absolute Gasteiger partial charge is 0.240 e. The first-order valence-corrected chi connectivity index (χ1v) is 9.55. The molecule has 0 aliphatic rings. The summed E-state index contributed by atoms with van der Waals surface area (Å²) in [5, 5.41) is 4.88. The molecule has 3 amide bonds. The first-order valence-electron chi connectivity index (χ1n) is 8.67. The van der Waals surface area contributed by atoms with Crippen LogP contribution in [0.25, 0.3) is 0 Å². The normalized spacial score (nSPS) is 11.9. The van der Waals surface area contributed by atoms with Gasteiger partial charge in [0, 0.05) is 30.1 Å². The Kier molecular flexibility index (Phi) is 7.06. The molecule has 0 spiro atoms. The number of carbonyl (C=O) groups excluding carboxylic acids is 3. The minimum atomic E-state index is -0.790. The van der Waals surface area contributed by atoms with E-state index in [-0.39, 0.29) is 30.6 Å². The topological polar surface area (TPSA) is 105 Å². The zero-order chi connectivity index (χ0) is 20.0. The van der Waals surface area contributed by atoms with Crippen molar-refractivity contribution in [3.05, 3.63) is 41.4 Å². The highest BCUT2D eigenvalue weighted by atomic mass is 32.1. The molecule has 1 aromatic heterocycles. The van der Waals surface area contributed by atoms with E-state index in [1.807, 2.05) is 32.9 Å². The maximum absolute atomic E-state index is 12.9. The van der Waals surface area contributed by atoms with Crippen molar-refractivity contribution in [2.24, 2.45) is 11.7 Å². The van der Waals surface area contributed by atoms with Crippen LogP contribution >= 0.6 is 11.3 Å². The van der Waals surface area contributed by atoms with E-state index in [2.05, 4.69) is 10.3 Å². The number of hydrogen-bond acceptors (Lipinski definition) is 5. The average Bonchev–Trinajstić information content (AvgIpc) is 3.10. The van der Waals surface area contributed by atoms with E-state index >= 15 is 0 Å². The number of nitrogens with zero attached hydrogens (tertiary/aromatic N) is 2. The van der Waals surface area contributed by atoms with Crippen LogP contribution in [0.2, 0.25) is 0 Å². The number of aromatic nitrogens is 1. The predicted octanol–water partition coefficient (Wildman–Crippen LogP) is 2.71. The Balaban J connectivity index is 2.16. The first-order chi connectivity index (χ1) is 12.8. The molecule has 0 bridgehead atoms. The van der Waals surface area contributed by atoms with E-state index in [9.17, 15) is 14.4 Å². The van der Waals surface area contributed by atoms with Crippen molar-refractivity contribution in [3.8, 4) is 0 Å². The predicted molar refractivity (Wildman–Crippen MR) is 106 cm³/mol. The van der Waals surface area contributed by atoms with Crippen LogP contribution in [0.4, 0.5) is 10.8 Å². The molecule has 2 rings (SSSR count). The number of anilines is 2. The van der Waals surface area contributed by atoms with Gasteiger partial charge in [-0.2, -0.15) is 0 Å². The third-order valence-corrected chi connectivity index (χ3v) is 4.72. The quantitative estimate of drug-likeness (QED) is 0.725. The molecule has 0 aliphatic heterocycles. The Morgan fingerprint density at radius 3 is 2.37 bits per heavy atom. The van der Waals surface area contributed by atoms with E-state index in [0.717, 1.165) is 5.56 Å². The van der Waals surface area contributed by atoms with Gasteiger partial charge >= 0.3 is 0 Å². The van der Waals surface area contributed by atoms with Crippen LogP contribution in [0, 0.1) is 12.8 Å². The Labute approximate surface area is 162 Å². The molecule has 144 valence electrons. The molecule has 1 unspecified atom stereocenters. The second-order valence-electron chi connectivity index (χ2n) is 6.58. The van der Waals surface area contributed by atoms with Crippen molar-refractivity contribution in [1.82, 2.24) is 4.98 Å². The van der Waals surface area contributed by atoms with Gasteiger partial charge in [0.2, 0.25) is 17.7 Å². The van der Waals surface area contributed by atoms with Crippen molar-refractivity contribution in [1.29, 1.82) is 0 Å². The monoisotopic (exact) mass is 388 g/mol. The van der Waals surface area contributed by atoms with E-state index in [0.29, 0.717) is 10.8 Å². The van der Waals surface area contributed by atoms with Crippen LogP contribution in [0.5, 0.6) is 0 Å². The summed E-state index contributed by atoms with van der Waals surface area (Å²) in [4.78, 5) is 42.4. The molecule has 1 atom stereocenters. The molecule has 0 saturated carbocycles. The second kappa shape index (κ2) is 9.27. The highest BCUT2D eigenvalue weighted by Gasteiger charge is 2.32. The largest absolute Gasteiger partial charge is 0.368 e. The van der Waals surface area contributed by atoms with Crippen molar-refractivity contribution in [3.63, 3.8) is 0 Å². The summed E-state index contributed by atoms with van der Waals surface area (Å²) in [5.74, 6) is -1.38. The Morgan fingerprint density at radius 1 is 1.19 bits per heavy atom. The lowest BCUT2D eigenvalue weighted by Gasteiger charge is -2.32. The molecular formula is C19H24N4O3S. The molecule has 0 fully saturated rings. The summed E-state index contributed by atoms with van der Waals surface area (Å²) >= 11 is 1.30. The maximum atomic E-state index is 12.9. The minimum Gasteiger partial charge on any atom is -0.368 e. The SMILES string of the molecule is Cc1ccc(N(C(=O)CCC(=O)Nc2nccs2)C(C(N)=O)C(C)C)cc1. The summed E-state index contributed by atoms with van der Waals surface area (Å²) in [5.41, 5.74) is 7.19. The van der Waals surface area contributed by atoms with Gasteiger partial charge in [0.25, 0.3) is 0 Å². The van der Waals surface area contributed by atoms with Gasteiger partial charge in [-0.15, -0.1) is 11.3 Å². The van der Waals surface area contributed by atoms with Gasteiger partial charge in [-0.3, -0.25) is 19.3 Å². The highest BCUT2D eigenvalue weighted by Crippen LogP contribution is 2.23. The Bertz CT molecular complexity index is 788. The van der Waals surface area contributed by atoms with Gasteiger partial charge < -0.3 is 11.1 Å². The molecule has 2 aromatic rings. The van der Waals surface area contributed by atoms with Crippen LogP contribution in [0.3, 0.4) is 0 Å². The number of amides is 3. The summed E-state index contributed by atoms with van der Waals surface area (Å²) < 4.78 is 0. The van der Waals surface area contributed by atoms with Gasteiger partial charge in [-0.05, 0) is 25.0 Å². The number of nitrogens with two attached hydrogens (primary N) is 1. The maximum Gasteiger partial charge on any atom is 0.240 e. The number of hydrogen-bond donors (Lipinski definition) is 2. The number of aryl methyl sites for hydroxylation is 1. The van der Waals surface area contributed by atoms with Crippen LogP contribution in [-0.2, 0) is 14.4 Å². The standard InChI is InChI=1S/C19H24N4O3S/c1-12(2)17(18(20)26)23(14-6-4-13(3)5-7-14)16(25)9-8-15(24)22-19-21-10-11-27-19/h4-7,10-12,17H,8-9H2,1-3H3,(H2,20,26)(H,21,22,24). The number of thiazole rings is 1. The molecule has 0 aliphatic carbocycles. The molecule has 3 N–H and O–H groups in total. The first kappa shape index (κ1) is 20.6. The number of nitrogens with one attached hydrogen (secondary N) is 1. The fourth-order valence-electron chi connectivity index (χ4n) is 2.73. The molecule has 1 aromatic carbocycles. The lowest BCUT2D eigenvalue weighted by Crippen LogP contribution is -2.51. The minimum absolute atomic E-state index is 0.00957. The van der Waals surface area contributed by atoms with Crippen LogP contribution in [0.1, 0.15) is 32.3 Å². The van der Waals surface area contributed by atoms with Gasteiger partial charge in [0.1, 0.15) is 6.04 Å². The van der Waals surface area contributed by atoms with Gasteiger partial charge in [-0.25, -0.2) is 4.98 Å². The van der Waals surface area contributed by atoms with E-state index in [1.54, 1.807) is 23.7 Å². The van der Waals surface area contributed by atoms with E-state index < -0.39 is 11.9 Å². The van der Waals surface area contributed by atoms with Crippen molar-refractivity contribution >= 4 is 39.9 Å². The molecule has 8 heteroatoms. The zero-order valence-electron chi connectivity index (χ0n) is 15.6. The fourth-order valence-corrected chi connectivity index (χ4v) is 3.27. The van der Waals surface area contributed by atoms with Gasteiger partial charge in [0.15, 0.2) is 5.13 Å². The molecule has 0 radical (unpaired) electrons. The lowest BCUT2D eigenvalue weighted by atomic mass is 10.00. The van der Waals surface area contributed by atoms with Crippen LogP contribution in [-0.4, -0.2) is 28.7 Å². The van der Waals surface area contributed by atoms with E-state index in [1.165, 1.54) is 16.2 Å². The summed E-state index contributed by atoms with van der Waals surface area (Å²) in [6.45, 7) is 5.60. The van der Waals surface area contributed by atoms with Crippen molar-refractivity contribution < 1.29 is 14.4 Å². The summed E-state index contributed by atoms with van der Waals surface area (Å²) in [7, 11) is 0. The number of primary amides is 1. The summed E-state index contributed by atoms with van der Waals surface area (Å²) in [6, 6.07) is 6.50. The Morgan fingerprint density at radius 2 is 1.85 bits per heavy atom. The summed E-state index contributed by atoms with van der Waals surface area (Å²) in [6.07, 6.45) is 1.54. The number of rotatable bonds is 8. The molecule has 27 heavy (non-hydrogen) atoms. The number of benzene rings is 1. The molecule has 0 saturated heterocycles. The third kappa shape index (κ3) is 5.62. The van der Waals surface area contributed by atoms with Crippen molar-refractivity contribution in [2.45, 2.75) is 39.7 Å². The molecular weight excluding hydrogens is 364 g/mol. The molecule has 7 nitrogen and oxygen atoms in total. The Hall–Kier alpha value is -2.74. The van der Waals surface area contributed by atoms with Gasteiger partial charge in [-0.1, -0.05) is 31.5 Å². The molecule has 1 heterocycles.